The molecule has 1 fully saturated rings. The zero-order chi connectivity index (χ0) is 12.0. The van der Waals surface area contributed by atoms with E-state index in [0.29, 0.717) is 6.26 Å². The number of esters is 1. The van der Waals surface area contributed by atoms with Crippen LogP contribution >= 0.6 is 0 Å². The molecule has 0 saturated heterocycles. The first-order valence-electron chi connectivity index (χ1n) is 5.74. The quantitative estimate of drug-likeness (QED) is 0.235. The van der Waals surface area contributed by atoms with Gasteiger partial charge in [0.05, 0.1) is 12.2 Å². The van der Waals surface area contributed by atoms with E-state index in [1.54, 1.807) is 6.92 Å². The van der Waals surface area contributed by atoms with Crippen molar-refractivity contribution in [1.29, 1.82) is 0 Å². The molecule has 0 heterocycles. The molecule has 0 aromatic carbocycles. The predicted octanol–water partition coefficient (Wildman–Crippen LogP) is 0.943. The standard InChI is InChI=1S/C12H18O4/c1-2-16-12(15)10(8-13)11(14)9-6-4-3-5-7-9/h8-9,13H,2-7H2,1H3/p-1/b10-8+. The number of ether oxygens (including phenoxy) is 1. The van der Waals surface area contributed by atoms with Crippen LogP contribution in [0.1, 0.15) is 39.0 Å². The molecule has 0 spiro atoms. The van der Waals surface area contributed by atoms with Crippen LogP contribution < -0.4 is 5.11 Å². The minimum atomic E-state index is -0.784. The average molecular weight is 225 g/mol. The molecule has 4 heteroatoms. The van der Waals surface area contributed by atoms with Gasteiger partial charge in [-0.3, -0.25) is 4.79 Å². The summed E-state index contributed by atoms with van der Waals surface area (Å²) < 4.78 is 4.68. The van der Waals surface area contributed by atoms with Gasteiger partial charge in [-0.15, -0.1) is 6.26 Å². The van der Waals surface area contributed by atoms with Gasteiger partial charge in [-0.2, -0.15) is 0 Å². The first-order chi connectivity index (χ1) is 7.70. The molecule has 0 atom stereocenters. The first kappa shape index (κ1) is 12.7. The van der Waals surface area contributed by atoms with Gasteiger partial charge in [0.2, 0.25) is 0 Å². The number of ketones is 1. The lowest BCUT2D eigenvalue weighted by molar-refractivity contribution is -0.276. The lowest BCUT2D eigenvalue weighted by Crippen LogP contribution is -2.26. The van der Waals surface area contributed by atoms with Gasteiger partial charge < -0.3 is 9.84 Å². The summed E-state index contributed by atoms with van der Waals surface area (Å²) in [7, 11) is 0. The van der Waals surface area contributed by atoms with Gasteiger partial charge in [0.15, 0.2) is 5.78 Å². The molecule has 0 unspecified atom stereocenters. The Bertz CT molecular complexity index is 287. The van der Waals surface area contributed by atoms with Crippen LogP contribution in [0.15, 0.2) is 11.8 Å². The van der Waals surface area contributed by atoms with Crippen LogP contribution in [0.4, 0.5) is 0 Å². The molecule has 1 rings (SSSR count). The zero-order valence-corrected chi connectivity index (χ0v) is 9.53. The van der Waals surface area contributed by atoms with Gasteiger partial charge in [0.25, 0.3) is 0 Å². The third kappa shape index (κ3) is 3.08. The lowest BCUT2D eigenvalue weighted by atomic mass is 9.84. The molecule has 0 amide bonds. The molecule has 0 N–H and O–H groups in total. The number of hydrogen-bond donors (Lipinski definition) is 0. The Hall–Kier alpha value is -1.32. The molecule has 1 aliphatic carbocycles. The summed E-state index contributed by atoms with van der Waals surface area (Å²) in [6, 6.07) is 0. The van der Waals surface area contributed by atoms with Crippen molar-refractivity contribution in [3.8, 4) is 0 Å². The lowest BCUT2D eigenvalue weighted by Gasteiger charge is -2.21. The van der Waals surface area contributed by atoms with E-state index in [1.165, 1.54) is 0 Å². The van der Waals surface area contributed by atoms with Crippen LogP contribution in [0.2, 0.25) is 0 Å². The van der Waals surface area contributed by atoms with Gasteiger partial charge in [0, 0.05) is 5.92 Å². The Balaban J connectivity index is 2.65. The van der Waals surface area contributed by atoms with Crippen molar-refractivity contribution in [2.24, 2.45) is 5.92 Å². The van der Waals surface area contributed by atoms with E-state index in [0.717, 1.165) is 32.1 Å². The average Bonchev–Trinajstić information content (AvgIpc) is 2.31. The maximum Gasteiger partial charge on any atom is 0.340 e. The van der Waals surface area contributed by atoms with Crippen molar-refractivity contribution in [3.05, 3.63) is 11.8 Å². The van der Waals surface area contributed by atoms with Gasteiger partial charge in [-0.05, 0) is 19.8 Å². The van der Waals surface area contributed by atoms with Crippen molar-refractivity contribution >= 4 is 11.8 Å². The third-order valence-electron chi connectivity index (χ3n) is 2.85. The molecule has 0 aromatic rings. The van der Waals surface area contributed by atoms with Crippen LogP contribution in [0.5, 0.6) is 0 Å². The zero-order valence-electron chi connectivity index (χ0n) is 9.53. The van der Waals surface area contributed by atoms with E-state index in [-0.39, 0.29) is 23.9 Å². The molecule has 0 bridgehead atoms. The number of hydrogen-bond acceptors (Lipinski definition) is 4. The number of Topliss-reactive ketones (excluding diaryl/α,β-unsaturated/α-hetero) is 1. The summed E-state index contributed by atoms with van der Waals surface area (Å²) in [5.74, 6) is -1.29. The molecule has 0 aromatic heterocycles. The van der Waals surface area contributed by atoms with Gasteiger partial charge in [0.1, 0.15) is 0 Å². The molecular weight excluding hydrogens is 208 g/mol. The highest BCUT2D eigenvalue weighted by Gasteiger charge is 2.27. The molecule has 1 aliphatic rings. The highest BCUT2D eigenvalue weighted by molar-refractivity contribution is 6.17. The SMILES string of the molecule is CCOC(=O)/C(=C/[O-])C(=O)C1CCCCC1. The molecule has 4 nitrogen and oxygen atoms in total. The second-order valence-corrected chi connectivity index (χ2v) is 3.95. The second-order valence-electron chi connectivity index (χ2n) is 3.95. The summed E-state index contributed by atoms with van der Waals surface area (Å²) in [5.41, 5.74) is -0.325. The Kier molecular flexibility index (Phi) is 5.02. The van der Waals surface area contributed by atoms with Gasteiger partial charge in [-0.25, -0.2) is 4.79 Å². The predicted molar refractivity (Wildman–Crippen MR) is 56.3 cm³/mol. The molecular formula is C12H17O4-. The third-order valence-corrected chi connectivity index (χ3v) is 2.85. The maximum atomic E-state index is 11.9. The van der Waals surface area contributed by atoms with E-state index < -0.39 is 5.97 Å². The molecule has 1 saturated carbocycles. The fraction of sp³-hybridized carbons (Fsp3) is 0.667. The highest BCUT2D eigenvalue weighted by atomic mass is 16.5. The second kappa shape index (κ2) is 6.30. The van der Waals surface area contributed by atoms with E-state index in [1.807, 2.05) is 0 Å². The van der Waals surface area contributed by atoms with Crippen molar-refractivity contribution in [1.82, 2.24) is 0 Å². The van der Waals surface area contributed by atoms with Crippen LogP contribution in [-0.4, -0.2) is 18.4 Å². The topological polar surface area (TPSA) is 66.4 Å². The Morgan fingerprint density at radius 2 is 1.94 bits per heavy atom. The molecule has 0 aliphatic heterocycles. The Morgan fingerprint density at radius 3 is 2.44 bits per heavy atom. The van der Waals surface area contributed by atoms with E-state index in [4.69, 9.17) is 0 Å². The summed E-state index contributed by atoms with van der Waals surface area (Å²) in [6.45, 7) is 1.82. The Labute approximate surface area is 95.3 Å². The summed E-state index contributed by atoms with van der Waals surface area (Å²) in [4.78, 5) is 23.2. The number of carbonyl (C=O) groups excluding carboxylic acids is 2. The van der Waals surface area contributed by atoms with Crippen LogP contribution in [0.25, 0.3) is 0 Å². The van der Waals surface area contributed by atoms with Crippen molar-refractivity contribution in [2.75, 3.05) is 6.61 Å². The molecule has 0 radical (unpaired) electrons. The normalized spacial score (nSPS) is 18.2. The van der Waals surface area contributed by atoms with E-state index in [9.17, 15) is 14.7 Å². The fourth-order valence-corrected chi connectivity index (χ4v) is 2.00. The fourth-order valence-electron chi connectivity index (χ4n) is 2.00. The van der Waals surface area contributed by atoms with E-state index >= 15 is 0 Å². The minimum absolute atomic E-state index is 0.168. The number of rotatable bonds is 4. The van der Waals surface area contributed by atoms with Crippen LogP contribution in [-0.2, 0) is 14.3 Å². The van der Waals surface area contributed by atoms with Crippen LogP contribution in [0, 0.1) is 5.92 Å². The number of carbonyl (C=O) groups is 2. The van der Waals surface area contributed by atoms with Gasteiger partial charge in [-0.1, -0.05) is 19.3 Å². The molecule has 16 heavy (non-hydrogen) atoms. The van der Waals surface area contributed by atoms with Gasteiger partial charge >= 0.3 is 5.97 Å². The first-order valence-corrected chi connectivity index (χ1v) is 5.74. The highest BCUT2D eigenvalue weighted by Crippen LogP contribution is 2.26. The summed E-state index contributed by atoms with van der Waals surface area (Å²) in [6.07, 6.45) is 4.98. The summed E-state index contributed by atoms with van der Waals surface area (Å²) in [5, 5.41) is 10.7. The smallest absolute Gasteiger partial charge is 0.340 e. The van der Waals surface area contributed by atoms with E-state index in [2.05, 4.69) is 4.74 Å². The monoisotopic (exact) mass is 225 g/mol. The van der Waals surface area contributed by atoms with Crippen molar-refractivity contribution in [2.45, 2.75) is 39.0 Å². The largest absolute Gasteiger partial charge is 0.877 e. The maximum absolute atomic E-state index is 11.9. The summed E-state index contributed by atoms with van der Waals surface area (Å²) >= 11 is 0. The van der Waals surface area contributed by atoms with Crippen LogP contribution in [0.3, 0.4) is 0 Å². The Morgan fingerprint density at radius 1 is 1.31 bits per heavy atom. The van der Waals surface area contributed by atoms with Crippen molar-refractivity contribution < 1.29 is 19.4 Å². The molecule has 90 valence electrons. The van der Waals surface area contributed by atoms with Crippen molar-refractivity contribution in [3.63, 3.8) is 0 Å². The minimum Gasteiger partial charge on any atom is -0.877 e.